The standard InChI is InChI=1S/C12H17BO2/c1-8-6-11(7-9(2)12(8)13)15-5-4-10(3)14/h6-7,10,14H,4-5H2,1-3H3/t10-/m1/s1. The van der Waals surface area contributed by atoms with Gasteiger partial charge in [0.1, 0.15) is 13.6 Å². The molecule has 0 unspecified atom stereocenters. The molecule has 0 aliphatic rings. The van der Waals surface area contributed by atoms with E-state index in [1.54, 1.807) is 6.92 Å². The normalized spacial score (nSPS) is 12.5. The summed E-state index contributed by atoms with van der Waals surface area (Å²) in [5, 5.41) is 9.08. The second-order valence-electron chi connectivity index (χ2n) is 3.96. The van der Waals surface area contributed by atoms with Crippen LogP contribution in [0.5, 0.6) is 5.75 Å². The second-order valence-corrected chi connectivity index (χ2v) is 3.96. The van der Waals surface area contributed by atoms with Gasteiger partial charge in [-0.05, 0) is 32.9 Å². The minimum absolute atomic E-state index is 0.319. The van der Waals surface area contributed by atoms with Gasteiger partial charge in [-0.3, -0.25) is 0 Å². The molecule has 1 N–H and O–H groups in total. The summed E-state index contributed by atoms with van der Waals surface area (Å²) in [4.78, 5) is 0. The highest BCUT2D eigenvalue weighted by Crippen LogP contribution is 2.14. The van der Waals surface area contributed by atoms with Crippen molar-refractivity contribution in [2.45, 2.75) is 33.3 Å². The fraction of sp³-hybridized carbons (Fsp3) is 0.500. The van der Waals surface area contributed by atoms with Gasteiger partial charge < -0.3 is 9.84 Å². The smallest absolute Gasteiger partial charge is 0.119 e. The van der Waals surface area contributed by atoms with Gasteiger partial charge in [-0.1, -0.05) is 16.6 Å². The van der Waals surface area contributed by atoms with Gasteiger partial charge in [-0.25, -0.2) is 0 Å². The van der Waals surface area contributed by atoms with E-state index in [4.69, 9.17) is 17.7 Å². The fourth-order valence-corrected chi connectivity index (χ4v) is 1.37. The van der Waals surface area contributed by atoms with E-state index in [9.17, 15) is 0 Å². The zero-order valence-corrected chi connectivity index (χ0v) is 9.58. The summed E-state index contributed by atoms with van der Waals surface area (Å²) in [6.45, 7) is 6.21. The number of aryl methyl sites for hydroxylation is 2. The molecule has 1 atom stereocenters. The molecule has 0 heterocycles. The van der Waals surface area contributed by atoms with Gasteiger partial charge in [0.05, 0.1) is 12.7 Å². The van der Waals surface area contributed by atoms with Crippen molar-refractivity contribution in [1.29, 1.82) is 0 Å². The summed E-state index contributed by atoms with van der Waals surface area (Å²) >= 11 is 0. The molecule has 15 heavy (non-hydrogen) atoms. The summed E-state index contributed by atoms with van der Waals surface area (Å²) in [7, 11) is 5.83. The predicted octanol–water partition coefficient (Wildman–Crippen LogP) is 1.25. The van der Waals surface area contributed by atoms with Crippen LogP contribution in [0.25, 0.3) is 0 Å². The number of hydrogen-bond acceptors (Lipinski definition) is 2. The van der Waals surface area contributed by atoms with Gasteiger partial charge in [0.25, 0.3) is 0 Å². The van der Waals surface area contributed by atoms with Gasteiger partial charge >= 0.3 is 0 Å². The molecule has 1 aromatic carbocycles. The Hall–Kier alpha value is -0.955. The van der Waals surface area contributed by atoms with Crippen LogP contribution in [-0.4, -0.2) is 25.7 Å². The minimum Gasteiger partial charge on any atom is -0.493 e. The van der Waals surface area contributed by atoms with E-state index < -0.39 is 0 Å². The van der Waals surface area contributed by atoms with Crippen molar-refractivity contribution in [2.75, 3.05) is 6.61 Å². The van der Waals surface area contributed by atoms with Crippen molar-refractivity contribution in [3.8, 4) is 5.75 Å². The molecule has 0 aliphatic heterocycles. The average Bonchev–Trinajstić information content (AvgIpc) is 2.13. The van der Waals surface area contributed by atoms with Gasteiger partial charge in [-0.2, -0.15) is 0 Å². The van der Waals surface area contributed by atoms with Crippen LogP contribution in [0.1, 0.15) is 24.5 Å². The maximum atomic E-state index is 9.08. The third kappa shape index (κ3) is 3.59. The van der Waals surface area contributed by atoms with Crippen LogP contribution in [0.4, 0.5) is 0 Å². The van der Waals surface area contributed by atoms with E-state index in [0.29, 0.717) is 13.0 Å². The molecule has 0 saturated heterocycles. The molecule has 0 bridgehead atoms. The van der Waals surface area contributed by atoms with Crippen LogP contribution < -0.4 is 10.2 Å². The van der Waals surface area contributed by atoms with E-state index in [0.717, 1.165) is 22.3 Å². The molecule has 0 spiro atoms. The number of aliphatic hydroxyl groups is 1. The molecule has 2 radical (unpaired) electrons. The van der Waals surface area contributed by atoms with Gasteiger partial charge in [0.2, 0.25) is 0 Å². The number of aliphatic hydroxyl groups excluding tert-OH is 1. The van der Waals surface area contributed by atoms with Crippen molar-refractivity contribution < 1.29 is 9.84 Å². The van der Waals surface area contributed by atoms with Crippen molar-refractivity contribution in [3.05, 3.63) is 23.3 Å². The number of hydrogen-bond donors (Lipinski definition) is 1. The summed E-state index contributed by atoms with van der Waals surface area (Å²) in [5.74, 6) is 0.819. The highest BCUT2D eigenvalue weighted by atomic mass is 16.5. The molecule has 3 heteroatoms. The first-order valence-corrected chi connectivity index (χ1v) is 5.18. The zero-order valence-electron chi connectivity index (χ0n) is 9.58. The maximum absolute atomic E-state index is 9.08. The first-order chi connectivity index (χ1) is 7.00. The zero-order chi connectivity index (χ0) is 11.4. The molecule has 2 nitrogen and oxygen atoms in total. The summed E-state index contributed by atoms with van der Waals surface area (Å²) in [6, 6.07) is 3.84. The van der Waals surface area contributed by atoms with Gasteiger partial charge in [0, 0.05) is 6.42 Å². The van der Waals surface area contributed by atoms with Crippen LogP contribution in [0.15, 0.2) is 12.1 Å². The number of ether oxygens (including phenoxy) is 1. The van der Waals surface area contributed by atoms with Crippen molar-refractivity contribution >= 4 is 13.3 Å². The fourth-order valence-electron chi connectivity index (χ4n) is 1.37. The largest absolute Gasteiger partial charge is 0.493 e. The Morgan fingerprint density at radius 1 is 1.33 bits per heavy atom. The van der Waals surface area contributed by atoms with Crippen LogP contribution in [0.3, 0.4) is 0 Å². The quantitative estimate of drug-likeness (QED) is 0.748. The summed E-state index contributed by atoms with van der Waals surface area (Å²) in [6.07, 6.45) is 0.323. The lowest BCUT2D eigenvalue weighted by Gasteiger charge is -2.11. The van der Waals surface area contributed by atoms with Gasteiger partial charge in [-0.15, -0.1) is 0 Å². The third-order valence-corrected chi connectivity index (χ3v) is 2.37. The highest BCUT2D eigenvalue weighted by molar-refractivity contribution is 6.34. The molecule has 0 fully saturated rings. The number of benzene rings is 1. The lowest BCUT2D eigenvalue weighted by Crippen LogP contribution is -2.13. The van der Waals surface area contributed by atoms with Gasteiger partial charge in [0.15, 0.2) is 0 Å². The summed E-state index contributed by atoms with van der Waals surface area (Å²) < 4.78 is 5.52. The van der Waals surface area contributed by atoms with Crippen molar-refractivity contribution in [1.82, 2.24) is 0 Å². The molecule has 1 aromatic rings. The van der Waals surface area contributed by atoms with Crippen LogP contribution in [0.2, 0.25) is 0 Å². The van der Waals surface area contributed by atoms with E-state index in [2.05, 4.69) is 0 Å². The lowest BCUT2D eigenvalue weighted by molar-refractivity contribution is 0.155. The van der Waals surface area contributed by atoms with Crippen LogP contribution >= 0.6 is 0 Å². The second kappa shape index (κ2) is 5.22. The van der Waals surface area contributed by atoms with Crippen molar-refractivity contribution in [2.24, 2.45) is 0 Å². The Morgan fingerprint density at radius 2 is 1.87 bits per heavy atom. The third-order valence-electron chi connectivity index (χ3n) is 2.37. The molecule has 0 aliphatic carbocycles. The van der Waals surface area contributed by atoms with E-state index in [-0.39, 0.29) is 6.10 Å². The summed E-state index contributed by atoms with van der Waals surface area (Å²) in [5.41, 5.74) is 2.88. The maximum Gasteiger partial charge on any atom is 0.119 e. The molecule has 80 valence electrons. The Morgan fingerprint density at radius 3 is 2.33 bits per heavy atom. The average molecular weight is 204 g/mol. The molecule has 0 amide bonds. The SMILES string of the molecule is [B]c1c(C)cc(OCC[C@@H](C)O)cc1C. The monoisotopic (exact) mass is 204 g/mol. The molecular formula is C12H17BO2. The first kappa shape index (κ1) is 12.1. The molecule has 0 saturated carbocycles. The Kier molecular flexibility index (Phi) is 4.21. The molecule has 1 rings (SSSR count). The Balaban J connectivity index is 2.63. The Labute approximate surface area is 92.7 Å². The lowest BCUT2D eigenvalue weighted by atomic mass is 9.87. The minimum atomic E-state index is -0.319. The predicted molar refractivity (Wildman–Crippen MR) is 63.1 cm³/mol. The highest BCUT2D eigenvalue weighted by Gasteiger charge is 2.02. The molecule has 0 aromatic heterocycles. The van der Waals surface area contributed by atoms with Crippen LogP contribution in [0, 0.1) is 13.8 Å². The Bertz CT molecular complexity index is 311. The van der Waals surface area contributed by atoms with Crippen molar-refractivity contribution in [3.63, 3.8) is 0 Å². The van der Waals surface area contributed by atoms with Crippen LogP contribution in [-0.2, 0) is 0 Å². The first-order valence-electron chi connectivity index (χ1n) is 5.18. The van der Waals surface area contributed by atoms with E-state index in [1.165, 1.54) is 0 Å². The topological polar surface area (TPSA) is 29.5 Å². The van der Waals surface area contributed by atoms with E-state index in [1.807, 2.05) is 26.0 Å². The van der Waals surface area contributed by atoms with E-state index >= 15 is 0 Å². The number of rotatable bonds is 4. The molecular weight excluding hydrogens is 187 g/mol.